The van der Waals surface area contributed by atoms with Gasteiger partial charge in [0.05, 0.1) is 19.3 Å². The maximum Gasteiger partial charge on any atom is 0.238 e. The Bertz CT molecular complexity index is 1200. The number of carbonyl (C=O) groups excluding carboxylic acids is 2. The summed E-state index contributed by atoms with van der Waals surface area (Å²) in [5.74, 6) is -0.780. The van der Waals surface area contributed by atoms with Crippen LogP contribution in [-0.4, -0.2) is 34.2 Å². The van der Waals surface area contributed by atoms with E-state index in [0.717, 1.165) is 17.3 Å². The molecule has 1 N–H and O–H groups in total. The van der Waals surface area contributed by atoms with E-state index in [9.17, 15) is 18.4 Å². The monoisotopic (exact) mass is 481 g/mol. The molecule has 4 rings (SSSR count). The van der Waals surface area contributed by atoms with Gasteiger partial charge in [0.1, 0.15) is 22.6 Å². The fraction of sp³-hybridized carbons (Fsp3) is 0.160. The minimum Gasteiger partial charge on any atom is -0.497 e. The van der Waals surface area contributed by atoms with E-state index >= 15 is 0 Å². The quantitative estimate of drug-likeness (QED) is 0.530. The van der Waals surface area contributed by atoms with Crippen molar-refractivity contribution in [3.05, 3.63) is 90.0 Å². The van der Waals surface area contributed by atoms with Crippen LogP contribution >= 0.6 is 11.8 Å². The molecule has 6 nitrogen and oxygen atoms in total. The standard InChI is InChI=1S/C25H21F2N3O3S/c1-33-21-12-10-20(11-13-21)29-25-30(15-16-2-4-17(26)5-3-16)23(31)14-22(34-25)24(32)28-19-8-6-18(27)7-9-19/h2-13,22H,14-15H2,1H3,(H,28,32). The number of nitrogens with zero attached hydrogens (tertiary/aromatic N) is 2. The summed E-state index contributed by atoms with van der Waals surface area (Å²) in [4.78, 5) is 32.1. The zero-order valence-electron chi connectivity index (χ0n) is 18.2. The Labute approximate surface area is 199 Å². The topological polar surface area (TPSA) is 71.0 Å². The molecular weight excluding hydrogens is 460 g/mol. The molecule has 3 aromatic rings. The highest BCUT2D eigenvalue weighted by atomic mass is 32.2. The molecule has 9 heteroatoms. The molecule has 3 aromatic carbocycles. The maximum absolute atomic E-state index is 13.3. The van der Waals surface area contributed by atoms with Crippen molar-refractivity contribution in [1.82, 2.24) is 4.90 Å². The predicted octanol–water partition coefficient (Wildman–Crippen LogP) is 5.13. The zero-order chi connectivity index (χ0) is 24.1. The number of hydrogen-bond donors (Lipinski definition) is 1. The molecule has 34 heavy (non-hydrogen) atoms. The first kappa shape index (κ1) is 23.4. The van der Waals surface area contributed by atoms with E-state index in [1.807, 2.05) is 0 Å². The van der Waals surface area contributed by atoms with Gasteiger partial charge in [-0.2, -0.15) is 0 Å². The van der Waals surface area contributed by atoms with Crippen LogP contribution in [-0.2, 0) is 16.1 Å². The van der Waals surface area contributed by atoms with E-state index in [1.165, 1.54) is 41.3 Å². The third kappa shape index (κ3) is 5.79. The number of aliphatic imine (C=N–C) groups is 1. The fourth-order valence-corrected chi connectivity index (χ4v) is 4.39. The third-order valence-electron chi connectivity index (χ3n) is 5.09. The number of thioether (sulfide) groups is 1. The molecule has 174 valence electrons. The second-order valence-corrected chi connectivity index (χ2v) is 8.68. The van der Waals surface area contributed by atoms with Gasteiger partial charge in [-0.15, -0.1) is 0 Å². The Balaban J connectivity index is 1.59. The number of halogens is 2. The van der Waals surface area contributed by atoms with Gasteiger partial charge in [0.25, 0.3) is 0 Å². The number of ether oxygens (including phenoxy) is 1. The van der Waals surface area contributed by atoms with Gasteiger partial charge in [0.15, 0.2) is 5.17 Å². The second kappa shape index (κ2) is 10.5. The molecule has 1 aliphatic heterocycles. The molecule has 0 aromatic heterocycles. The summed E-state index contributed by atoms with van der Waals surface area (Å²) in [6.45, 7) is 0.188. The van der Waals surface area contributed by atoms with E-state index in [-0.39, 0.29) is 30.6 Å². The number of carbonyl (C=O) groups is 2. The molecule has 1 atom stereocenters. The number of amides is 2. The highest BCUT2D eigenvalue weighted by Crippen LogP contribution is 2.31. The first-order valence-corrected chi connectivity index (χ1v) is 11.3. The van der Waals surface area contributed by atoms with Gasteiger partial charge in [0, 0.05) is 12.1 Å². The van der Waals surface area contributed by atoms with Crippen LogP contribution in [0.2, 0.25) is 0 Å². The maximum atomic E-state index is 13.3. The van der Waals surface area contributed by atoms with Crippen LogP contribution in [0, 0.1) is 11.6 Å². The lowest BCUT2D eigenvalue weighted by Crippen LogP contribution is -2.44. The van der Waals surface area contributed by atoms with Gasteiger partial charge in [-0.3, -0.25) is 14.5 Å². The lowest BCUT2D eigenvalue weighted by Gasteiger charge is -2.32. The number of rotatable bonds is 6. The van der Waals surface area contributed by atoms with Gasteiger partial charge in [-0.1, -0.05) is 23.9 Å². The van der Waals surface area contributed by atoms with Crippen molar-refractivity contribution >= 4 is 40.1 Å². The number of benzene rings is 3. The highest BCUT2D eigenvalue weighted by molar-refractivity contribution is 8.15. The highest BCUT2D eigenvalue weighted by Gasteiger charge is 2.36. The molecular formula is C25H21F2N3O3S. The summed E-state index contributed by atoms with van der Waals surface area (Å²) in [5, 5.41) is 2.35. The van der Waals surface area contributed by atoms with Gasteiger partial charge in [-0.25, -0.2) is 13.8 Å². The van der Waals surface area contributed by atoms with Crippen LogP contribution in [0.5, 0.6) is 5.75 Å². The van der Waals surface area contributed by atoms with Crippen molar-refractivity contribution in [3.63, 3.8) is 0 Å². The number of anilines is 1. The molecule has 2 amide bonds. The summed E-state index contributed by atoms with van der Waals surface area (Å²) in [5.41, 5.74) is 1.74. The number of hydrogen-bond acceptors (Lipinski definition) is 5. The van der Waals surface area contributed by atoms with Crippen molar-refractivity contribution in [2.45, 2.75) is 18.2 Å². The molecule has 0 saturated carbocycles. The average Bonchev–Trinajstić information content (AvgIpc) is 2.84. The zero-order valence-corrected chi connectivity index (χ0v) is 19.0. The fourth-order valence-electron chi connectivity index (χ4n) is 3.29. The Kier molecular flexibility index (Phi) is 7.22. The van der Waals surface area contributed by atoms with Crippen LogP contribution in [0.1, 0.15) is 12.0 Å². The molecule has 1 fully saturated rings. The Hall–Kier alpha value is -3.72. The molecule has 0 bridgehead atoms. The molecule has 1 heterocycles. The second-order valence-electron chi connectivity index (χ2n) is 7.51. The summed E-state index contributed by atoms with van der Waals surface area (Å²) in [6, 6.07) is 18.3. The lowest BCUT2D eigenvalue weighted by molar-refractivity contribution is -0.129. The minimum atomic E-state index is -0.723. The van der Waals surface area contributed by atoms with Crippen molar-refractivity contribution in [3.8, 4) is 5.75 Å². The van der Waals surface area contributed by atoms with Gasteiger partial charge < -0.3 is 10.1 Å². The first-order valence-electron chi connectivity index (χ1n) is 10.4. The Morgan fingerprint density at radius 3 is 2.26 bits per heavy atom. The van der Waals surface area contributed by atoms with E-state index < -0.39 is 11.1 Å². The molecule has 0 spiro atoms. The van der Waals surface area contributed by atoms with Crippen LogP contribution in [0.25, 0.3) is 0 Å². The number of amidine groups is 1. The van der Waals surface area contributed by atoms with E-state index in [0.29, 0.717) is 22.3 Å². The van der Waals surface area contributed by atoms with E-state index in [2.05, 4.69) is 10.3 Å². The van der Waals surface area contributed by atoms with Gasteiger partial charge in [0.2, 0.25) is 11.8 Å². The first-order chi connectivity index (χ1) is 16.4. The van der Waals surface area contributed by atoms with Crippen LogP contribution in [0.15, 0.2) is 77.8 Å². The summed E-state index contributed by atoms with van der Waals surface area (Å²) in [7, 11) is 1.56. The smallest absolute Gasteiger partial charge is 0.238 e. The molecule has 0 radical (unpaired) electrons. The largest absolute Gasteiger partial charge is 0.497 e. The third-order valence-corrected chi connectivity index (χ3v) is 6.28. The van der Waals surface area contributed by atoms with Crippen LogP contribution in [0.3, 0.4) is 0 Å². The van der Waals surface area contributed by atoms with E-state index in [4.69, 9.17) is 4.74 Å². The summed E-state index contributed by atoms with van der Waals surface area (Å²) in [6.07, 6.45) is -0.0411. The lowest BCUT2D eigenvalue weighted by atomic mass is 10.2. The Morgan fingerprint density at radius 2 is 1.65 bits per heavy atom. The molecule has 1 saturated heterocycles. The van der Waals surface area contributed by atoms with Crippen molar-refractivity contribution < 1.29 is 23.1 Å². The normalized spacial score (nSPS) is 17.0. The van der Waals surface area contributed by atoms with Crippen molar-refractivity contribution in [1.29, 1.82) is 0 Å². The summed E-state index contributed by atoms with van der Waals surface area (Å²) < 4.78 is 31.7. The van der Waals surface area contributed by atoms with Gasteiger partial charge in [-0.05, 0) is 66.2 Å². The minimum absolute atomic E-state index is 0.0411. The number of nitrogens with one attached hydrogen (secondary N) is 1. The SMILES string of the molecule is COc1ccc(N=C2SC(C(=O)Nc3ccc(F)cc3)CC(=O)N2Cc2ccc(F)cc2)cc1. The predicted molar refractivity (Wildman–Crippen MR) is 128 cm³/mol. The van der Waals surface area contributed by atoms with Crippen molar-refractivity contribution in [2.75, 3.05) is 12.4 Å². The van der Waals surface area contributed by atoms with Crippen LogP contribution in [0.4, 0.5) is 20.2 Å². The molecule has 0 aliphatic carbocycles. The number of methoxy groups -OCH3 is 1. The Morgan fingerprint density at radius 1 is 1.03 bits per heavy atom. The van der Waals surface area contributed by atoms with Crippen molar-refractivity contribution in [2.24, 2.45) is 4.99 Å². The summed E-state index contributed by atoms with van der Waals surface area (Å²) >= 11 is 1.16. The molecule has 1 unspecified atom stereocenters. The van der Waals surface area contributed by atoms with Crippen LogP contribution < -0.4 is 10.1 Å². The van der Waals surface area contributed by atoms with E-state index in [1.54, 1.807) is 43.5 Å². The molecule has 1 aliphatic rings. The average molecular weight is 482 g/mol. The van der Waals surface area contributed by atoms with Gasteiger partial charge >= 0.3 is 0 Å².